The number of benzene rings is 2. The van der Waals surface area contributed by atoms with Gasteiger partial charge in [0.1, 0.15) is 11.5 Å². The highest BCUT2D eigenvalue weighted by atomic mass is 16.5. The number of carbonyl (C=O) groups is 1. The Balaban J connectivity index is 1.82. The summed E-state index contributed by atoms with van der Waals surface area (Å²) >= 11 is 0. The molecular weight excluding hydrogens is 316 g/mol. The number of likely N-dealkylation sites (tertiary alicyclic amines) is 1. The van der Waals surface area contributed by atoms with Crippen molar-refractivity contribution in [2.45, 2.75) is 25.3 Å². The van der Waals surface area contributed by atoms with E-state index in [0.717, 1.165) is 42.0 Å². The molecule has 0 aliphatic carbocycles. The minimum atomic E-state index is 0.0198. The van der Waals surface area contributed by atoms with Crippen LogP contribution in [0.2, 0.25) is 0 Å². The van der Waals surface area contributed by atoms with Gasteiger partial charge in [-0.2, -0.15) is 0 Å². The van der Waals surface area contributed by atoms with Gasteiger partial charge in [0.25, 0.3) is 0 Å². The second kappa shape index (κ2) is 7.47. The van der Waals surface area contributed by atoms with Crippen molar-refractivity contribution < 1.29 is 14.3 Å². The number of carbonyl (C=O) groups excluding carboxylic acids is 1. The van der Waals surface area contributed by atoms with Gasteiger partial charge in [0.15, 0.2) is 0 Å². The molecule has 1 aliphatic rings. The summed E-state index contributed by atoms with van der Waals surface area (Å²) in [5.74, 6) is 1.68. The number of rotatable bonds is 5. The normalized spacial score (nSPS) is 16.7. The molecule has 2 aromatic rings. The Hall–Kier alpha value is -2.69. The molecule has 25 heavy (non-hydrogen) atoms. The highest BCUT2D eigenvalue weighted by Crippen LogP contribution is 2.39. The third kappa shape index (κ3) is 3.71. The Labute approximate surface area is 148 Å². The highest BCUT2D eigenvalue weighted by molar-refractivity contribution is 5.80. The van der Waals surface area contributed by atoms with Crippen molar-refractivity contribution in [3.05, 3.63) is 53.6 Å². The van der Waals surface area contributed by atoms with Gasteiger partial charge in [-0.25, -0.2) is 0 Å². The summed E-state index contributed by atoms with van der Waals surface area (Å²) in [6.07, 6.45) is 2.29. The first-order valence-corrected chi connectivity index (χ1v) is 8.48. The summed E-state index contributed by atoms with van der Waals surface area (Å²) in [6, 6.07) is 13.2. The number of ether oxygens (including phenoxy) is 2. The van der Waals surface area contributed by atoms with E-state index in [0.29, 0.717) is 12.1 Å². The Bertz CT molecular complexity index is 743. The lowest BCUT2D eigenvalue weighted by Crippen LogP contribution is -2.32. The molecule has 0 radical (unpaired) electrons. The molecule has 1 aliphatic heterocycles. The largest absolute Gasteiger partial charge is 0.497 e. The zero-order valence-electron chi connectivity index (χ0n) is 14.7. The molecule has 5 nitrogen and oxygen atoms in total. The number of nitrogen functional groups attached to an aromatic ring is 1. The van der Waals surface area contributed by atoms with Gasteiger partial charge < -0.3 is 20.1 Å². The standard InChI is InChI=1S/C20H24N2O3/c1-24-16-9-10-19(25-2)17(13-16)18-4-3-11-22(18)20(23)12-14-5-7-15(21)8-6-14/h5-10,13,18H,3-4,11-12,21H2,1-2H3/t18-/m1/s1. The molecule has 3 rings (SSSR count). The summed E-state index contributed by atoms with van der Waals surface area (Å²) in [6.45, 7) is 0.763. The van der Waals surface area contributed by atoms with E-state index >= 15 is 0 Å². The molecule has 1 saturated heterocycles. The summed E-state index contributed by atoms with van der Waals surface area (Å²) in [4.78, 5) is 14.8. The monoisotopic (exact) mass is 340 g/mol. The van der Waals surface area contributed by atoms with E-state index in [4.69, 9.17) is 15.2 Å². The highest BCUT2D eigenvalue weighted by Gasteiger charge is 2.32. The van der Waals surface area contributed by atoms with E-state index in [9.17, 15) is 4.79 Å². The number of hydrogen-bond acceptors (Lipinski definition) is 4. The van der Waals surface area contributed by atoms with Crippen LogP contribution >= 0.6 is 0 Å². The number of anilines is 1. The molecule has 1 amide bonds. The zero-order chi connectivity index (χ0) is 17.8. The van der Waals surface area contributed by atoms with Crippen LogP contribution in [-0.4, -0.2) is 31.6 Å². The van der Waals surface area contributed by atoms with Crippen molar-refractivity contribution >= 4 is 11.6 Å². The predicted molar refractivity (Wildman–Crippen MR) is 97.8 cm³/mol. The number of amides is 1. The van der Waals surface area contributed by atoms with Gasteiger partial charge in [-0.3, -0.25) is 4.79 Å². The topological polar surface area (TPSA) is 64.8 Å². The van der Waals surface area contributed by atoms with Gasteiger partial charge >= 0.3 is 0 Å². The Morgan fingerprint density at radius 3 is 2.60 bits per heavy atom. The minimum Gasteiger partial charge on any atom is -0.497 e. The van der Waals surface area contributed by atoms with Crippen molar-refractivity contribution in [2.24, 2.45) is 0 Å². The van der Waals surface area contributed by atoms with Crippen LogP contribution in [0, 0.1) is 0 Å². The minimum absolute atomic E-state index is 0.0198. The van der Waals surface area contributed by atoms with Crippen LogP contribution in [-0.2, 0) is 11.2 Å². The average molecular weight is 340 g/mol. The Morgan fingerprint density at radius 1 is 1.16 bits per heavy atom. The smallest absolute Gasteiger partial charge is 0.227 e. The van der Waals surface area contributed by atoms with Crippen LogP contribution in [0.1, 0.15) is 30.0 Å². The Morgan fingerprint density at radius 2 is 1.92 bits per heavy atom. The fourth-order valence-electron chi connectivity index (χ4n) is 3.40. The van der Waals surface area contributed by atoms with Crippen molar-refractivity contribution in [2.75, 3.05) is 26.5 Å². The molecule has 1 fully saturated rings. The third-order valence-corrected chi connectivity index (χ3v) is 4.70. The fourth-order valence-corrected chi connectivity index (χ4v) is 3.40. The zero-order valence-corrected chi connectivity index (χ0v) is 14.7. The van der Waals surface area contributed by atoms with E-state index in [2.05, 4.69) is 0 Å². The van der Waals surface area contributed by atoms with Gasteiger partial charge in [-0.15, -0.1) is 0 Å². The van der Waals surface area contributed by atoms with Gasteiger partial charge in [0.05, 0.1) is 26.7 Å². The maximum Gasteiger partial charge on any atom is 0.227 e. The number of methoxy groups -OCH3 is 2. The summed E-state index contributed by atoms with van der Waals surface area (Å²) in [7, 11) is 3.30. The maximum atomic E-state index is 12.9. The quantitative estimate of drug-likeness (QED) is 0.849. The molecule has 1 atom stereocenters. The number of hydrogen-bond donors (Lipinski definition) is 1. The molecule has 2 N–H and O–H groups in total. The number of nitrogens with zero attached hydrogens (tertiary/aromatic N) is 1. The predicted octanol–water partition coefficient (Wildman–Crippen LogP) is 3.19. The van der Waals surface area contributed by atoms with Crippen molar-refractivity contribution in [3.63, 3.8) is 0 Å². The van der Waals surface area contributed by atoms with E-state index in [-0.39, 0.29) is 11.9 Å². The summed E-state index contributed by atoms with van der Waals surface area (Å²) in [5, 5.41) is 0. The first kappa shape index (κ1) is 17.1. The fraction of sp³-hybridized carbons (Fsp3) is 0.350. The van der Waals surface area contributed by atoms with Crippen LogP contribution < -0.4 is 15.2 Å². The van der Waals surface area contributed by atoms with E-state index < -0.39 is 0 Å². The van der Waals surface area contributed by atoms with Crippen LogP contribution in [0.25, 0.3) is 0 Å². The second-order valence-corrected chi connectivity index (χ2v) is 6.27. The second-order valence-electron chi connectivity index (χ2n) is 6.27. The molecule has 0 unspecified atom stereocenters. The number of nitrogens with two attached hydrogens (primary N) is 1. The average Bonchev–Trinajstić information content (AvgIpc) is 3.12. The Kier molecular flexibility index (Phi) is 5.12. The van der Waals surface area contributed by atoms with Gasteiger partial charge in [-0.05, 0) is 48.7 Å². The summed E-state index contributed by atoms with van der Waals surface area (Å²) < 4.78 is 10.9. The summed E-state index contributed by atoms with van der Waals surface area (Å²) in [5.41, 5.74) is 8.40. The van der Waals surface area contributed by atoms with Crippen LogP contribution in [0.5, 0.6) is 11.5 Å². The molecule has 0 saturated carbocycles. The van der Waals surface area contributed by atoms with Crippen molar-refractivity contribution in [1.29, 1.82) is 0 Å². The molecule has 132 valence electrons. The maximum absolute atomic E-state index is 12.9. The molecule has 5 heteroatoms. The van der Waals surface area contributed by atoms with Crippen molar-refractivity contribution in [1.82, 2.24) is 4.90 Å². The molecule has 0 aromatic heterocycles. The first-order chi connectivity index (χ1) is 12.1. The first-order valence-electron chi connectivity index (χ1n) is 8.48. The molecule has 2 aromatic carbocycles. The van der Waals surface area contributed by atoms with Crippen LogP contribution in [0.15, 0.2) is 42.5 Å². The van der Waals surface area contributed by atoms with Gasteiger partial charge in [-0.1, -0.05) is 12.1 Å². The van der Waals surface area contributed by atoms with Crippen molar-refractivity contribution in [3.8, 4) is 11.5 Å². The van der Waals surface area contributed by atoms with E-state index in [1.807, 2.05) is 47.4 Å². The lowest BCUT2D eigenvalue weighted by atomic mass is 10.0. The lowest BCUT2D eigenvalue weighted by Gasteiger charge is -2.27. The van der Waals surface area contributed by atoms with E-state index in [1.54, 1.807) is 14.2 Å². The molecule has 1 heterocycles. The SMILES string of the molecule is COc1ccc(OC)c([C@H]2CCCN2C(=O)Cc2ccc(N)cc2)c1. The lowest BCUT2D eigenvalue weighted by molar-refractivity contribution is -0.131. The molecule has 0 spiro atoms. The molecular formula is C20H24N2O3. The molecule has 0 bridgehead atoms. The van der Waals surface area contributed by atoms with Gasteiger partial charge in [0.2, 0.25) is 5.91 Å². The van der Waals surface area contributed by atoms with Gasteiger partial charge in [0, 0.05) is 17.8 Å². The van der Waals surface area contributed by atoms with Crippen LogP contribution in [0.3, 0.4) is 0 Å². The van der Waals surface area contributed by atoms with E-state index in [1.165, 1.54) is 0 Å². The van der Waals surface area contributed by atoms with Crippen LogP contribution in [0.4, 0.5) is 5.69 Å². The third-order valence-electron chi connectivity index (χ3n) is 4.70.